The fourth-order valence-electron chi connectivity index (χ4n) is 4.18. The molecule has 1 N–H and O–H groups in total. The van der Waals surface area contributed by atoms with Crippen molar-refractivity contribution in [3.05, 3.63) is 39.0 Å². The number of aromatic nitrogens is 2. The molecule has 0 bridgehead atoms. The van der Waals surface area contributed by atoms with Gasteiger partial charge < -0.3 is 14.8 Å². The Kier molecular flexibility index (Phi) is 5.39. The number of carbonyl (C=O) groups is 1. The molecular formula is C22H23N3O4S2. The molecule has 1 aliphatic carbocycles. The Morgan fingerprint density at radius 3 is 2.84 bits per heavy atom. The van der Waals surface area contributed by atoms with Crippen LogP contribution in [0.1, 0.15) is 42.2 Å². The summed E-state index contributed by atoms with van der Waals surface area (Å²) in [5.74, 6) is 1.31. The summed E-state index contributed by atoms with van der Waals surface area (Å²) >= 11 is 2.86. The van der Waals surface area contributed by atoms with E-state index in [0.29, 0.717) is 22.3 Å². The smallest absolute Gasteiger partial charge is 0.263 e. The van der Waals surface area contributed by atoms with Crippen molar-refractivity contribution in [3.63, 3.8) is 0 Å². The lowest BCUT2D eigenvalue weighted by atomic mass is 10.2. The molecule has 1 saturated carbocycles. The average molecular weight is 458 g/mol. The molecule has 0 unspecified atom stereocenters. The zero-order chi connectivity index (χ0) is 21.5. The van der Waals surface area contributed by atoms with Crippen molar-refractivity contribution in [1.29, 1.82) is 0 Å². The first-order chi connectivity index (χ1) is 15.0. The summed E-state index contributed by atoms with van der Waals surface area (Å²) in [6.07, 6.45) is 4.19. The predicted molar refractivity (Wildman–Crippen MR) is 123 cm³/mol. The lowest BCUT2D eigenvalue weighted by Gasteiger charge is -2.18. The van der Waals surface area contributed by atoms with Gasteiger partial charge in [0.05, 0.1) is 11.1 Å². The van der Waals surface area contributed by atoms with Gasteiger partial charge in [0.15, 0.2) is 16.7 Å². The van der Waals surface area contributed by atoms with E-state index in [0.717, 1.165) is 46.3 Å². The molecule has 1 amide bonds. The molecule has 1 aromatic carbocycles. The first-order valence-electron chi connectivity index (χ1n) is 10.4. The molecule has 162 valence electrons. The maximum absolute atomic E-state index is 13.4. The molecular weight excluding hydrogens is 434 g/mol. The highest BCUT2D eigenvalue weighted by molar-refractivity contribution is 7.99. The molecule has 5 rings (SSSR count). The monoisotopic (exact) mass is 457 g/mol. The second-order valence-electron chi connectivity index (χ2n) is 7.88. The van der Waals surface area contributed by atoms with Gasteiger partial charge in [-0.1, -0.05) is 24.6 Å². The Labute approximate surface area is 187 Å². The molecule has 3 aromatic rings. The lowest BCUT2D eigenvalue weighted by molar-refractivity contribution is -0.113. The van der Waals surface area contributed by atoms with E-state index in [2.05, 4.69) is 5.32 Å². The van der Waals surface area contributed by atoms with Crippen LogP contribution in [0.25, 0.3) is 10.2 Å². The topological polar surface area (TPSA) is 82.4 Å². The standard InChI is InChI=1S/C22H23N3O4S2/c1-12-13(2)31-20-19(12)21(27)25(15-5-3-4-6-15)22(24-20)30-10-18(26)23-14-7-8-16-17(9-14)29-11-28-16/h7-9,15H,3-6,10-11H2,1-2H3,(H,23,26). The van der Waals surface area contributed by atoms with Crippen molar-refractivity contribution >= 4 is 44.9 Å². The number of hydrogen-bond donors (Lipinski definition) is 1. The number of aryl methyl sites for hydroxylation is 2. The van der Waals surface area contributed by atoms with Crippen molar-refractivity contribution in [2.24, 2.45) is 0 Å². The first kappa shape index (κ1) is 20.4. The zero-order valence-corrected chi connectivity index (χ0v) is 19.0. The maximum Gasteiger partial charge on any atom is 0.263 e. The van der Waals surface area contributed by atoms with E-state index in [4.69, 9.17) is 14.5 Å². The predicted octanol–water partition coefficient (Wildman–Crippen LogP) is 4.65. The molecule has 0 atom stereocenters. The summed E-state index contributed by atoms with van der Waals surface area (Å²) in [5.41, 5.74) is 1.69. The fraction of sp³-hybridized carbons (Fsp3) is 0.409. The Bertz CT molecular complexity index is 1230. The average Bonchev–Trinajstić information content (AvgIpc) is 3.48. The third-order valence-electron chi connectivity index (χ3n) is 5.88. The van der Waals surface area contributed by atoms with E-state index in [-0.39, 0.29) is 30.1 Å². The van der Waals surface area contributed by atoms with E-state index < -0.39 is 0 Å². The van der Waals surface area contributed by atoms with Crippen molar-refractivity contribution in [1.82, 2.24) is 9.55 Å². The van der Waals surface area contributed by atoms with Gasteiger partial charge in [-0.2, -0.15) is 0 Å². The van der Waals surface area contributed by atoms with Crippen LogP contribution in [0.3, 0.4) is 0 Å². The third kappa shape index (κ3) is 3.80. The number of thiophene rings is 1. The highest BCUT2D eigenvalue weighted by Crippen LogP contribution is 2.36. The van der Waals surface area contributed by atoms with Gasteiger partial charge in [-0.25, -0.2) is 4.98 Å². The minimum absolute atomic E-state index is 0.0254. The van der Waals surface area contributed by atoms with Crippen LogP contribution in [0.15, 0.2) is 28.2 Å². The van der Waals surface area contributed by atoms with Crippen LogP contribution >= 0.6 is 23.1 Å². The normalized spacial score (nSPS) is 15.7. The quantitative estimate of drug-likeness (QED) is 0.444. The van der Waals surface area contributed by atoms with Gasteiger partial charge in [0, 0.05) is 22.7 Å². The molecule has 0 spiro atoms. The fourth-order valence-corrected chi connectivity index (χ4v) is 6.11. The Morgan fingerprint density at radius 1 is 1.26 bits per heavy atom. The van der Waals surface area contributed by atoms with Crippen LogP contribution < -0.4 is 20.3 Å². The molecule has 0 saturated heterocycles. The van der Waals surface area contributed by atoms with E-state index in [1.165, 1.54) is 11.8 Å². The number of ether oxygens (including phenoxy) is 2. The van der Waals surface area contributed by atoms with Gasteiger partial charge in [-0.05, 0) is 44.4 Å². The van der Waals surface area contributed by atoms with E-state index in [1.807, 2.05) is 18.4 Å². The number of thioether (sulfide) groups is 1. The van der Waals surface area contributed by atoms with E-state index >= 15 is 0 Å². The lowest BCUT2D eigenvalue weighted by Crippen LogP contribution is -2.27. The third-order valence-corrected chi connectivity index (χ3v) is 7.94. The van der Waals surface area contributed by atoms with Crippen LogP contribution in [-0.2, 0) is 4.79 Å². The molecule has 1 aliphatic heterocycles. The van der Waals surface area contributed by atoms with Gasteiger partial charge in [0.2, 0.25) is 12.7 Å². The zero-order valence-electron chi connectivity index (χ0n) is 17.4. The van der Waals surface area contributed by atoms with Crippen molar-refractivity contribution in [3.8, 4) is 11.5 Å². The van der Waals surface area contributed by atoms with Gasteiger partial charge in [-0.15, -0.1) is 11.3 Å². The summed E-state index contributed by atoms with van der Waals surface area (Å²) in [7, 11) is 0. The number of amides is 1. The SMILES string of the molecule is Cc1sc2nc(SCC(=O)Nc3ccc4c(c3)OCO4)n(C3CCCC3)c(=O)c2c1C. The second kappa shape index (κ2) is 8.20. The van der Waals surface area contributed by atoms with Crippen molar-refractivity contribution in [2.45, 2.75) is 50.7 Å². The van der Waals surface area contributed by atoms with Gasteiger partial charge in [0.25, 0.3) is 5.56 Å². The summed E-state index contributed by atoms with van der Waals surface area (Å²) in [4.78, 5) is 32.7. The number of anilines is 1. The number of fused-ring (bicyclic) bond motifs is 2. The molecule has 0 radical (unpaired) electrons. The minimum Gasteiger partial charge on any atom is -0.454 e. The van der Waals surface area contributed by atoms with Gasteiger partial charge in [-0.3, -0.25) is 14.2 Å². The largest absolute Gasteiger partial charge is 0.454 e. The Balaban J connectivity index is 1.39. The van der Waals surface area contributed by atoms with E-state index in [9.17, 15) is 9.59 Å². The number of rotatable bonds is 5. The van der Waals surface area contributed by atoms with Crippen LogP contribution in [-0.4, -0.2) is 28.0 Å². The van der Waals surface area contributed by atoms with Gasteiger partial charge >= 0.3 is 0 Å². The van der Waals surface area contributed by atoms with Crippen LogP contribution in [0.5, 0.6) is 11.5 Å². The highest BCUT2D eigenvalue weighted by Gasteiger charge is 2.25. The highest BCUT2D eigenvalue weighted by atomic mass is 32.2. The number of hydrogen-bond acceptors (Lipinski definition) is 7. The maximum atomic E-state index is 13.4. The van der Waals surface area contributed by atoms with Crippen LogP contribution in [0.4, 0.5) is 5.69 Å². The van der Waals surface area contributed by atoms with Crippen molar-refractivity contribution < 1.29 is 14.3 Å². The number of benzene rings is 1. The number of nitrogens with one attached hydrogen (secondary N) is 1. The molecule has 7 nitrogen and oxygen atoms in total. The second-order valence-corrected chi connectivity index (χ2v) is 10.0. The van der Waals surface area contributed by atoms with Crippen LogP contribution in [0.2, 0.25) is 0 Å². The van der Waals surface area contributed by atoms with E-state index in [1.54, 1.807) is 29.5 Å². The molecule has 3 heterocycles. The molecule has 1 fully saturated rings. The summed E-state index contributed by atoms with van der Waals surface area (Å²) in [5, 5.41) is 4.24. The van der Waals surface area contributed by atoms with Gasteiger partial charge in [0.1, 0.15) is 4.83 Å². The summed E-state index contributed by atoms with van der Waals surface area (Å²) in [6, 6.07) is 5.47. The molecule has 2 aliphatic rings. The summed E-state index contributed by atoms with van der Waals surface area (Å²) < 4.78 is 12.5. The van der Waals surface area contributed by atoms with Crippen molar-refractivity contribution in [2.75, 3.05) is 17.9 Å². The first-order valence-corrected chi connectivity index (χ1v) is 12.2. The Hall–Kier alpha value is -2.52. The van der Waals surface area contributed by atoms with Crippen LogP contribution in [0, 0.1) is 13.8 Å². The molecule has 2 aromatic heterocycles. The Morgan fingerprint density at radius 2 is 2.03 bits per heavy atom. The summed E-state index contributed by atoms with van der Waals surface area (Å²) in [6.45, 7) is 4.20. The number of nitrogens with zero attached hydrogens (tertiary/aromatic N) is 2. The molecule has 31 heavy (non-hydrogen) atoms. The number of carbonyl (C=O) groups excluding carboxylic acids is 1. The minimum atomic E-state index is -0.158. The molecule has 9 heteroatoms.